The summed E-state index contributed by atoms with van der Waals surface area (Å²) < 4.78 is 37.6. The molecule has 0 heterocycles. The molecule has 0 bridgehead atoms. The summed E-state index contributed by atoms with van der Waals surface area (Å²) in [4.78, 5) is 2.01. The van der Waals surface area contributed by atoms with Crippen LogP contribution in [0.1, 0.15) is 24.5 Å². The second kappa shape index (κ2) is 6.75. The molecule has 0 aliphatic rings. The Hall–Kier alpha value is -1.07. The molecule has 0 saturated carbocycles. The molecular weight excluding hydrogens is 243 g/mol. The van der Waals surface area contributed by atoms with E-state index in [0.29, 0.717) is 25.1 Å². The normalized spacial score (nSPS) is 12.1. The Labute approximate surface area is 105 Å². The first-order valence-corrected chi connectivity index (χ1v) is 5.96. The molecule has 5 heteroatoms. The molecule has 1 rings (SSSR count). The van der Waals surface area contributed by atoms with Gasteiger partial charge in [0.1, 0.15) is 0 Å². The van der Waals surface area contributed by atoms with Crippen LogP contribution in [0, 0.1) is 0 Å². The van der Waals surface area contributed by atoms with Crippen molar-refractivity contribution < 1.29 is 18.3 Å². The van der Waals surface area contributed by atoms with Crippen LogP contribution in [0.15, 0.2) is 24.3 Å². The second-order valence-corrected chi connectivity index (χ2v) is 4.14. The van der Waals surface area contributed by atoms with Crippen LogP contribution in [0.4, 0.5) is 13.2 Å². The van der Waals surface area contributed by atoms with Crippen LogP contribution >= 0.6 is 0 Å². The van der Waals surface area contributed by atoms with Gasteiger partial charge in [0.15, 0.2) is 0 Å². The number of aliphatic hydroxyl groups excluding tert-OH is 1. The van der Waals surface area contributed by atoms with Crippen LogP contribution in [-0.4, -0.2) is 29.7 Å². The molecular formula is C13H18F3NO. The predicted molar refractivity (Wildman–Crippen MR) is 64.1 cm³/mol. The van der Waals surface area contributed by atoms with E-state index in [-0.39, 0.29) is 6.61 Å². The third kappa shape index (κ3) is 4.66. The van der Waals surface area contributed by atoms with Crippen molar-refractivity contribution in [3.8, 4) is 0 Å². The SMILES string of the molecule is CCN(CCCO)Cc1cccc(C(F)(F)F)c1. The highest BCUT2D eigenvalue weighted by Gasteiger charge is 2.30. The smallest absolute Gasteiger partial charge is 0.396 e. The molecule has 0 aromatic heterocycles. The molecule has 0 spiro atoms. The molecule has 0 amide bonds. The third-order valence-corrected chi connectivity index (χ3v) is 2.74. The van der Waals surface area contributed by atoms with Crippen molar-refractivity contribution in [1.82, 2.24) is 4.90 Å². The summed E-state index contributed by atoms with van der Waals surface area (Å²) in [6.45, 7) is 3.95. The summed E-state index contributed by atoms with van der Waals surface area (Å²) in [5.41, 5.74) is 0.0304. The average molecular weight is 261 g/mol. The summed E-state index contributed by atoms with van der Waals surface area (Å²) in [5.74, 6) is 0. The van der Waals surface area contributed by atoms with E-state index in [0.717, 1.165) is 12.6 Å². The molecule has 102 valence electrons. The highest BCUT2D eigenvalue weighted by Crippen LogP contribution is 2.29. The quantitative estimate of drug-likeness (QED) is 0.851. The maximum absolute atomic E-state index is 12.5. The van der Waals surface area contributed by atoms with Gasteiger partial charge in [0.25, 0.3) is 0 Å². The number of hydrogen-bond donors (Lipinski definition) is 1. The molecule has 0 unspecified atom stereocenters. The van der Waals surface area contributed by atoms with Crippen molar-refractivity contribution in [2.24, 2.45) is 0 Å². The summed E-state index contributed by atoms with van der Waals surface area (Å²) in [6, 6.07) is 5.38. The molecule has 1 N–H and O–H groups in total. The maximum atomic E-state index is 12.5. The number of halogens is 3. The van der Waals surface area contributed by atoms with Gasteiger partial charge < -0.3 is 5.11 Å². The molecule has 1 aromatic rings. The molecule has 0 aliphatic heterocycles. The van der Waals surface area contributed by atoms with Gasteiger partial charge in [0.2, 0.25) is 0 Å². The van der Waals surface area contributed by atoms with E-state index in [9.17, 15) is 13.2 Å². The monoisotopic (exact) mass is 261 g/mol. The highest BCUT2D eigenvalue weighted by atomic mass is 19.4. The molecule has 0 aliphatic carbocycles. The Morgan fingerprint density at radius 3 is 2.56 bits per heavy atom. The number of alkyl halides is 3. The zero-order valence-corrected chi connectivity index (χ0v) is 10.4. The zero-order chi connectivity index (χ0) is 13.6. The first-order chi connectivity index (χ1) is 8.47. The molecule has 18 heavy (non-hydrogen) atoms. The lowest BCUT2D eigenvalue weighted by atomic mass is 10.1. The van der Waals surface area contributed by atoms with E-state index < -0.39 is 11.7 Å². The van der Waals surface area contributed by atoms with Gasteiger partial charge in [-0.1, -0.05) is 25.1 Å². The first kappa shape index (κ1) is 15.0. The standard InChI is InChI=1S/C13H18F3NO/c1-2-17(7-4-8-18)10-11-5-3-6-12(9-11)13(14,15)16/h3,5-6,9,18H,2,4,7-8,10H2,1H3. The molecule has 0 radical (unpaired) electrons. The fraction of sp³-hybridized carbons (Fsp3) is 0.538. The van der Waals surface area contributed by atoms with Gasteiger partial charge in [0.05, 0.1) is 5.56 Å². The number of benzene rings is 1. The number of nitrogens with zero attached hydrogens (tertiary/aromatic N) is 1. The minimum absolute atomic E-state index is 0.0963. The topological polar surface area (TPSA) is 23.5 Å². The van der Waals surface area contributed by atoms with Crippen molar-refractivity contribution in [3.63, 3.8) is 0 Å². The van der Waals surface area contributed by atoms with E-state index in [4.69, 9.17) is 5.11 Å². The number of aliphatic hydroxyl groups is 1. The molecule has 0 fully saturated rings. The minimum Gasteiger partial charge on any atom is -0.396 e. The molecule has 1 aromatic carbocycles. The van der Waals surface area contributed by atoms with Crippen molar-refractivity contribution in [2.45, 2.75) is 26.1 Å². The molecule has 2 nitrogen and oxygen atoms in total. The zero-order valence-electron chi connectivity index (χ0n) is 10.4. The van der Waals surface area contributed by atoms with Crippen LogP contribution in [-0.2, 0) is 12.7 Å². The van der Waals surface area contributed by atoms with Crippen molar-refractivity contribution in [1.29, 1.82) is 0 Å². The van der Waals surface area contributed by atoms with Crippen molar-refractivity contribution in [2.75, 3.05) is 19.7 Å². The van der Waals surface area contributed by atoms with E-state index in [1.54, 1.807) is 6.07 Å². The minimum atomic E-state index is -4.29. The molecule has 0 saturated heterocycles. The van der Waals surface area contributed by atoms with Crippen LogP contribution in [0.2, 0.25) is 0 Å². The number of rotatable bonds is 6. The second-order valence-electron chi connectivity index (χ2n) is 4.14. The summed E-state index contributed by atoms with van der Waals surface area (Å²) in [7, 11) is 0. The fourth-order valence-electron chi connectivity index (χ4n) is 1.75. The van der Waals surface area contributed by atoms with Crippen LogP contribution in [0.3, 0.4) is 0 Å². The lowest BCUT2D eigenvalue weighted by Gasteiger charge is -2.20. The lowest BCUT2D eigenvalue weighted by molar-refractivity contribution is -0.137. The van der Waals surface area contributed by atoms with E-state index in [2.05, 4.69) is 0 Å². The largest absolute Gasteiger partial charge is 0.416 e. The van der Waals surface area contributed by atoms with Gasteiger partial charge in [-0.05, 0) is 24.6 Å². The van der Waals surface area contributed by atoms with E-state index in [1.807, 2.05) is 11.8 Å². The third-order valence-electron chi connectivity index (χ3n) is 2.74. The summed E-state index contributed by atoms with van der Waals surface area (Å²) >= 11 is 0. The fourth-order valence-corrected chi connectivity index (χ4v) is 1.75. The van der Waals surface area contributed by atoms with E-state index >= 15 is 0 Å². The van der Waals surface area contributed by atoms with Gasteiger partial charge in [-0.15, -0.1) is 0 Å². The lowest BCUT2D eigenvalue weighted by Crippen LogP contribution is -2.24. The van der Waals surface area contributed by atoms with Gasteiger partial charge in [0, 0.05) is 19.7 Å². The molecule has 0 atom stereocenters. The maximum Gasteiger partial charge on any atom is 0.416 e. The van der Waals surface area contributed by atoms with Crippen LogP contribution in [0.25, 0.3) is 0 Å². The van der Waals surface area contributed by atoms with Gasteiger partial charge in [-0.2, -0.15) is 13.2 Å². The Morgan fingerprint density at radius 1 is 1.28 bits per heavy atom. The van der Waals surface area contributed by atoms with E-state index in [1.165, 1.54) is 12.1 Å². The first-order valence-electron chi connectivity index (χ1n) is 5.96. The van der Waals surface area contributed by atoms with Gasteiger partial charge in [-0.25, -0.2) is 0 Å². The van der Waals surface area contributed by atoms with Crippen LogP contribution in [0.5, 0.6) is 0 Å². The van der Waals surface area contributed by atoms with Gasteiger partial charge in [-0.3, -0.25) is 4.90 Å². The highest BCUT2D eigenvalue weighted by molar-refractivity contribution is 5.25. The predicted octanol–water partition coefficient (Wildman–Crippen LogP) is 2.91. The Bertz CT molecular complexity index is 365. The Balaban J connectivity index is 2.71. The van der Waals surface area contributed by atoms with Crippen molar-refractivity contribution >= 4 is 0 Å². The Kier molecular flexibility index (Phi) is 5.62. The van der Waals surface area contributed by atoms with Gasteiger partial charge >= 0.3 is 6.18 Å². The number of hydrogen-bond acceptors (Lipinski definition) is 2. The van der Waals surface area contributed by atoms with Crippen molar-refractivity contribution in [3.05, 3.63) is 35.4 Å². The average Bonchev–Trinajstić information content (AvgIpc) is 2.33. The summed E-state index contributed by atoms with van der Waals surface area (Å²) in [5, 5.41) is 8.75. The van der Waals surface area contributed by atoms with Crippen LogP contribution < -0.4 is 0 Å². The summed E-state index contributed by atoms with van der Waals surface area (Å²) in [6.07, 6.45) is -3.66. The Morgan fingerprint density at radius 2 is 2.00 bits per heavy atom.